The van der Waals surface area contributed by atoms with Gasteiger partial charge in [0.1, 0.15) is 6.61 Å². The molecule has 0 spiro atoms. The van der Waals surface area contributed by atoms with Crippen LogP contribution in [-0.2, 0) is 9.59 Å². The van der Waals surface area contributed by atoms with Crippen LogP contribution in [0.5, 0.6) is 23.0 Å². The Kier molecular flexibility index (Phi) is 5.48. The maximum Gasteiger partial charge on any atom is 0.267 e. The zero-order chi connectivity index (χ0) is 22.1. The second kappa shape index (κ2) is 8.58. The molecule has 3 heterocycles. The van der Waals surface area contributed by atoms with Crippen molar-refractivity contribution in [3.05, 3.63) is 42.5 Å². The number of anilines is 1. The number of ether oxygens (including phenoxy) is 4. The number of carbonyl (C=O) groups is 2. The van der Waals surface area contributed by atoms with Gasteiger partial charge in [0.2, 0.25) is 18.8 Å². The van der Waals surface area contributed by atoms with Crippen LogP contribution in [0.15, 0.2) is 42.5 Å². The zero-order valence-electron chi connectivity index (χ0n) is 17.8. The van der Waals surface area contributed by atoms with E-state index in [-0.39, 0.29) is 31.3 Å². The summed E-state index contributed by atoms with van der Waals surface area (Å²) in [6, 6.07) is 12.3. The van der Waals surface area contributed by atoms with Gasteiger partial charge in [-0.2, -0.15) is 0 Å². The smallest absolute Gasteiger partial charge is 0.267 e. The van der Waals surface area contributed by atoms with Gasteiger partial charge in [0, 0.05) is 37.9 Å². The van der Waals surface area contributed by atoms with Crippen molar-refractivity contribution in [3.63, 3.8) is 0 Å². The van der Waals surface area contributed by atoms with Crippen LogP contribution < -0.4 is 24.3 Å². The van der Waals surface area contributed by atoms with Crippen LogP contribution in [0.1, 0.15) is 6.92 Å². The molecule has 2 amide bonds. The fraction of sp³-hybridized carbons (Fsp3) is 0.391. The van der Waals surface area contributed by atoms with Gasteiger partial charge in [0.05, 0.1) is 6.04 Å². The second-order valence-electron chi connectivity index (χ2n) is 7.96. The summed E-state index contributed by atoms with van der Waals surface area (Å²) >= 11 is 0. The molecule has 168 valence electrons. The topological polar surface area (TPSA) is 89.6 Å². The first-order valence-electron chi connectivity index (χ1n) is 10.7. The average Bonchev–Trinajstić information content (AvgIpc) is 3.31. The quantitative estimate of drug-likeness (QED) is 0.776. The largest absolute Gasteiger partial charge is 0.485 e. The molecule has 3 aliphatic heterocycles. The number of piperazine rings is 1. The van der Waals surface area contributed by atoms with E-state index in [1.54, 1.807) is 29.2 Å². The van der Waals surface area contributed by atoms with Gasteiger partial charge in [-0.15, -0.1) is 0 Å². The van der Waals surface area contributed by atoms with Crippen LogP contribution in [0.25, 0.3) is 0 Å². The molecule has 0 bridgehead atoms. The third-order valence-corrected chi connectivity index (χ3v) is 5.98. The van der Waals surface area contributed by atoms with E-state index in [2.05, 4.69) is 10.2 Å². The van der Waals surface area contributed by atoms with Crippen LogP contribution in [0, 0.1) is 0 Å². The normalized spacial score (nSPS) is 20.5. The van der Waals surface area contributed by atoms with E-state index in [4.69, 9.17) is 18.9 Å². The van der Waals surface area contributed by atoms with E-state index in [0.29, 0.717) is 54.9 Å². The molecule has 1 N–H and O–H groups in total. The third-order valence-electron chi connectivity index (χ3n) is 5.98. The lowest BCUT2D eigenvalue weighted by molar-refractivity contribution is -0.143. The Hall–Kier alpha value is -3.46. The first kappa shape index (κ1) is 20.4. The summed E-state index contributed by atoms with van der Waals surface area (Å²) in [5.41, 5.74) is 0.662. The maximum atomic E-state index is 12.9. The van der Waals surface area contributed by atoms with E-state index >= 15 is 0 Å². The number of hydrogen-bond acceptors (Lipinski definition) is 7. The van der Waals surface area contributed by atoms with Crippen molar-refractivity contribution in [1.82, 2.24) is 9.80 Å². The Labute approximate surface area is 185 Å². The van der Waals surface area contributed by atoms with Crippen LogP contribution >= 0.6 is 0 Å². The number of benzene rings is 2. The van der Waals surface area contributed by atoms with Gasteiger partial charge < -0.3 is 29.2 Å². The highest BCUT2D eigenvalue weighted by Gasteiger charge is 2.34. The third kappa shape index (κ3) is 4.03. The lowest BCUT2D eigenvalue weighted by Gasteiger charge is -2.39. The minimum atomic E-state index is -0.650. The van der Waals surface area contributed by atoms with Gasteiger partial charge in [0.25, 0.3) is 5.91 Å². The Morgan fingerprint density at radius 1 is 0.938 bits per heavy atom. The molecule has 2 aromatic carbocycles. The monoisotopic (exact) mass is 439 g/mol. The molecule has 2 atom stereocenters. The Morgan fingerprint density at radius 3 is 2.47 bits per heavy atom. The molecule has 9 heteroatoms. The summed E-state index contributed by atoms with van der Waals surface area (Å²) < 4.78 is 22.2. The van der Waals surface area contributed by atoms with Crippen molar-refractivity contribution in [2.45, 2.75) is 19.1 Å². The molecule has 32 heavy (non-hydrogen) atoms. The zero-order valence-corrected chi connectivity index (χ0v) is 17.8. The van der Waals surface area contributed by atoms with Gasteiger partial charge in [-0.3, -0.25) is 14.5 Å². The fourth-order valence-corrected chi connectivity index (χ4v) is 4.06. The minimum Gasteiger partial charge on any atom is -0.485 e. The summed E-state index contributed by atoms with van der Waals surface area (Å²) in [7, 11) is 0. The van der Waals surface area contributed by atoms with E-state index < -0.39 is 6.10 Å². The molecular formula is C23H25N3O6. The summed E-state index contributed by atoms with van der Waals surface area (Å²) in [5, 5.41) is 2.93. The predicted molar refractivity (Wildman–Crippen MR) is 115 cm³/mol. The molecule has 9 nitrogen and oxygen atoms in total. The van der Waals surface area contributed by atoms with Crippen molar-refractivity contribution < 1.29 is 28.5 Å². The van der Waals surface area contributed by atoms with E-state index in [1.807, 2.05) is 25.1 Å². The highest BCUT2D eigenvalue weighted by atomic mass is 16.7. The second-order valence-corrected chi connectivity index (χ2v) is 7.96. The first-order chi connectivity index (χ1) is 15.6. The summed E-state index contributed by atoms with van der Waals surface area (Å²) in [5.74, 6) is 2.35. The number of nitrogens with zero attached hydrogens (tertiary/aromatic N) is 2. The molecule has 0 aromatic heterocycles. The Morgan fingerprint density at radius 2 is 1.66 bits per heavy atom. The molecule has 1 saturated heterocycles. The summed E-state index contributed by atoms with van der Waals surface area (Å²) in [4.78, 5) is 29.5. The van der Waals surface area contributed by atoms with Crippen LogP contribution in [-0.4, -0.2) is 73.3 Å². The Balaban J connectivity index is 1.13. The van der Waals surface area contributed by atoms with Crippen LogP contribution in [0.4, 0.5) is 5.69 Å². The fourth-order valence-electron chi connectivity index (χ4n) is 4.06. The number of para-hydroxylation sites is 2. The van der Waals surface area contributed by atoms with Gasteiger partial charge in [-0.1, -0.05) is 12.1 Å². The molecule has 2 aromatic rings. The molecular weight excluding hydrogens is 414 g/mol. The molecule has 3 aliphatic rings. The number of nitrogens with one attached hydrogen (secondary N) is 1. The van der Waals surface area contributed by atoms with Crippen LogP contribution in [0.3, 0.4) is 0 Å². The maximum absolute atomic E-state index is 12.9. The van der Waals surface area contributed by atoms with Crippen molar-refractivity contribution in [1.29, 1.82) is 0 Å². The number of fused-ring (bicyclic) bond motifs is 2. The standard InChI is InChI=1S/C23H25N3O6/c1-15(22(27)24-16-6-7-18-20(12-16)31-14-30-18)25-8-10-26(11-9-25)23(28)21-13-29-17-4-2-3-5-19(17)32-21/h2-7,12,15,21H,8-11,13-14H2,1H3,(H,24,27)/t15-,21-/m1/s1. The van der Waals surface area contributed by atoms with E-state index in [1.165, 1.54) is 0 Å². The highest BCUT2D eigenvalue weighted by Crippen LogP contribution is 2.34. The van der Waals surface area contributed by atoms with E-state index in [9.17, 15) is 9.59 Å². The predicted octanol–water partition coefficient (Wildman–Crippen LogP) is 1.73. The summed E-state index contributed by atoms with van der Waals surface area (Å²) in [6.07, 6.45) is -0.650. The SMILES string of the molecule is C[C@H](C(=O)Nc1ccc2c(c1)OCO2)N1CCN(C(=O)[C@H]2COc3ccccc3O2)CC1. The Bertz CT molecular complexity index is 1020. The van der Waals surface area contributed by atoms with Crippen molar-refractivity contribution >= 4 is 17.5 Å². The van der Waals surface area contributed by atoms with Crippen molar-refractivity contribution in [2.24, 2.45) is 0 Å². The van der Waals surface area contributed by atoms with E-state index in [0.717, 1.165) is 0 Å². The number of hydrogen-bond donors (Lipinski definition) is 1. The molecule has 1 fully saturated rings. The summed E-state index contributed by atoms with van der Waals surface area (Å²) in [6.45, 7) is 4.52. The van der Waals surface area contributed by atoms with Gasteiger partial charge >= 0.3 is 0 Å². The lowest BCUT2D eigenvalue weighted by atomic mass is 10.2. The molecule has 0 saturated carbocycles. The van der Waals surface area contributed by atoms with Crippen molar-refractivity contribution in [2.75, 3.05) is 44.9 Å². The van der Waals surface area contributed by atoms with Gasteiger partial charge in [0.15, 0.2) is 23.0 Å². The number of amides is 2. The van der Waals surface area contributed by atoms with Crippen LogP contribution in [0.2, 0.25) is 0 Å². The molecule has 5 rings (SSSR count). The number of carbonyl (C=O) groups excluding carboxylic acids is 2. The average molecular weight is 439 g/mol. The van der Waals surface area contributed by atoms with Gasteiger partial charge in [-0.25, -0.2) is 0 Å². The number of rotatable bonds is 4. The lowest BCUT2D eigenvalue weighted by Crippen LogP contribution is -2.57. The minimum absolute atomic E-state index is 0.0865. The molecule has 0 aliphatic carbocycles. The molecule has 0 radical (unpaired) electrons. The highest BCUT2D eigenvalue weighted by molar-refractivity contribution is 5.95. The van der Waals surface area contributed by atoms with Gasteiger partial charge in [-0.05, 0) is 31.2 Å². The first-order valence-corrected chi connectivity index (χ1v) is 10.7. The van der Waals surface area contributed by atoms with Crippen molar-refractivity contribution in [3.8, 4) is 23.0 Å². The molecule has 0 unspecified atom stereocenters.